The molecule has 0 aliphatic heterocycles. The quantitative estimate of drug-likeness (QED) is 0.582. The van der Waals surface area contributed by atoms with Gasteiger partial charge in [-0.1, -0.05) is 5.92 Å². The van der Waals surface area contributed by atoms with Crippen LogP contribution in [0, 0.1) is 26.2 Å². The van der Waals surface area contributed by atoms with Crippen molar-refractivity contribution in [3.63, 3.8) is 0 Å². The van der Waals surface area contributed by atoms with E-state index in [1.54, 1.807) is 19.9 Å². The highest BCUT2D eigenvalue weighted by atomic mass is 16.5. The summed E-state index contributed by atoms with van der Waals surface area (Å²) in [5, 5.41) is 13.1. The fourth-order valence-electron chi connectivity index (χ4n) is 1.92. The lowest BCUT2D eigenvalue weighted by atomic mass is 9.96. The first-order chi connectivity index (χ1) is 9.36. The molecule has 0 aliphatic carbocycles. The van der Waals surface area contributed by atoms with Crippen molar-refractivity contribution in [2.24, 2.45) is 0 Å². The Kier molecular flexibility index (Phi) is 5.81. The predicted molar refractivity (Wildman–Crippen MR) is 75.0 cm³/mol. The van der Waals surface area contributed by atoms with Crippen LogP contribution in [0.25, 0.3) is 0 Å². The average Bonchev–Trinajstić information content (AvgIpc) is 2.72. The van der Waals surface area contributed by atoms with E-state index in [0.717, 1.165) is 5.76 Å². The molecule has 0 fully saturated rings. The molecule has 1 heterocycles. The predicted octanol–water partition coefficient (Wildman–Crippen LogP) is 1.26. The van der Waals surface area contributed by atoms with Crippen LogP contribution >= 0.6 is 0 Å². The molecule has 5 nitrogen and oxygen atoms in total. The van der Waals surface area contributed by atoms with Crippen LogP contribution in [0.3, 0.4) is 0 Å². The lowest BCUT2D eigenvalue weighted by Gasteiger charge is -2.23. The molecule has 1 amide bonds. The van der Waals surface area contributed by atoms with Gasteiger partial charge in [0.15, 0.2) is 0 Å². The smallest absolute Gasteiger partial charge is 0.222 e. The van der Waals surface area contributed by atoms with E-state index in [4.69, 9.17) is 15.6 Å². The van der Waals surface area contributed by atoms with Crippen molar-refractivity contribution in [3.05, 3.63) is 23.2 Å². The number of terminal acetylenes is 1. The van der Waals surface area contributed by atoms with E-state index in [2.05, 4.69) is 11.2 Å². The molecule has 1 atom stereocenters. The fraction of sp³-hybridized carbons (Fsp3) is 0.533. The minimum Gasteiger partial charge on any atom is -0.466 e. The third-order valence-electron chi connectivity index (χ3n) is 2.91. The summed E-state index contributed by atoms with van der Waals surface area (Å²) < 4.78 is 10.4. The lowest BCUT2D eigenvalue weighted by Crippen LogP contribution is -2.39. The number of carbonyl (C=O) groups excluding carboxylic acids is 1. The minimum absolute atomic E-state index is 0.112. The van der Waals surface area contributed by atoms with Crippen LogP contribution in [-0.4, -0.2) is 30.8 Å². The Morgan fingerprint density at radius 2 is 2.30 bits per heavy atom. The summed E-state index contributed by atoms with van der Waals surface area (Å²) in [4.78, 5) is 11.6. The first-order valence-corrected chi connectivity index (χ1v) is 6.44. The van der Waals surface area contributed by atoms with Crippen molar-refractivity contribution in [1.82, 2.24) is 5.32 Å². The Balaban J connectivity index is 2.45. The van der Waals surface area contributed by atoms with Gasteiger partial charge in [0.2, 0.25) is 5.91 Å². The molecule has 1 aromatic rings. The van der Waals surface area contributed by atoms with Crippen LogP contribution in [0.4, 0.5) is 0 Å². The number of rotatable bonds is 7. The summed E-state index contributed by atoms with van der Waals surface area (Å²) in [6, 6.07) is 1.78. The van der Waals surface area contributed by atoms with Crippen LogP contribution in [-0.2, 0) is 15.1 Å². The van der Waals surface area contributed by atoms with Gasteiger partial charge in [-0.25, -0.2) is 0 Å². The molecule has 1 aromatic heterocycles. The van der Waals surface area contributed by atoms with Gasteiger partial charge in [0, 0.05) is 5.56 Å². The highest BCUT2D eigenvalue weighted by Crippen LogP contribution is 2.26. The van der Waals surface area contributed by atoms with Crippen molar-refractivity contribution >= 4 is 5.91 Å². The fourth-order valence-corrected chi connectivity index (χ4v) is 1.92. The summed E-state index contributed by atoms with van der Waals surface area (Å²) in [5.74, 6) is 3.51. The van der Waals surface area contributed by atoms with Gasteiger partial charge in [-0.05, 0) is 26.8 Å². The molecule has 0 saturated carbocycles. The minimum atomic E-state index is -1.17. The maximum Gasteiger partial charge on any atom is 0.222 e. The van der Waals surface area contributed by atoms with Crippen LogP contribution in [0.1, 0.15) is 30.4 Å². The van der Waals surface area contributed by atoms with E-state index in [9.17, 15) is 9.90 Å². The zero-order chi connectivity index (χ0) is 15.2. The van der Waals surface area contributed by atoms with Gasteiger partial charge in [-0.3, -0.25) is 4.79 Å². The first kappa shape index (κ1) is 16.3. The van der Waals surface area contributed by atoms with Crippen molar-refractivity contribution in [2.75, 3.05) is 19.8 Å². The summed E-state index contributed by atoms with van der Waals surface area (Å²) in [6.45, 7) is 5.81. The molecule has 110 valence electrons. The van der Waals surface area contributed by atoms with Gasteiger partial charge < -0.3 is 19.6 Å². The Hall–Kier alpha value is -1.77. The Morgan fingerprint density at radius 1 is 1.60 bits per heavy atom. The highest BCUT2D eigenvalue weighted by Gasteiger charge is 2.28. The number of amides is 1. The zero-order valence-corrected chi connectivity index (χ0v) is 12.2. The van der Waals surface area contributed by atoms with E-state index < -0.39 is 5.60 Å². The highest BCUT2D eigenvalue weighted by molar-refractivity contribution is 5.76. The zero-order valence-electron chi connectivity index (χ0n) is 12.2. The van der Waals surface area contributed by atoms with Crippen molar-refractivity contribution in [1.29, 1.82) is 0 Å². The molecule has 0 saturated heterocycles. The summed E-state index contributed by atoms with van der Waals surface area (Å²) in [5.41, 5.74) is -0.490. The number of carbonyl (C=O) groups is 1. The van der Waals surface area contributed by atoms with Gasteiger partial charge in [0.1, 0.15) is 23.7 Å². The maximum absolute atomic E-state index is 11.6. The third-order valence-corrected chi connectivity index (χ3v) is 2.91. The summed E-state index contributed by atoms with van der Waals surface area (Å²) >= 11 is 0. The maximum atomic E-state index is 11.6. The van der Waals surface area contributed by atoms with E-state index in [0.29, 0.717) is 11.3 Å². The number of ether oxygens (including phenoxy) is 1. The third kappa shape index (κ3) is 4.72. The molecule has 0 aliphatic rings. The Bertz CT molecular complexity index is 496. The summed E-state index contributed by atoms with van der Waals surface area (Å²) in [6.07, 6.45) is 5.23. The lowest BCUT2D eigenvalue weighted by molar-refractivity contribution is -0.123. The van der Waals surface area contributed by atoms with E-state index >= 15 is 0 Å². The largest absolute Gasteiger partial charge is 0.466 e. The van der Waals surface area contributed by atoms with Gasteiger partial charge in [-0.2, -0.15) is 0 Å². The Morgan fingerprint density at radius 3 is 2.85 bits per heavy atom. The van der Waals surface area contributed by atoms with E-state index in [1.807, 2.05) is 6.92 Å². The molecule has 0 spiro atoms. The molecule has 0 aromatic carbocycles. The van der Waals surface area contributed by atoms with Crippen molar-refractivity contribution in [2.45, 2.75) is 32.8 Å². The summed E-state index contributed by atoms with van der Waals surface area (Å²) in [7, 11) is 0. The SMILES string of the molecule is C#CCOCCC(=O)NCC(C)(O)c1cc(C)oc1C. The Labute approximate surface area is 119 Å². The van der Waals surface area contributed by atoms with E-state index in [-0.39, 0.29) is 32.1 Å². The second kappa shape index (κ2) is 7.13. The average molecular weight is 279 g/mol. The van der Waals surface area contributed by atoms with Crippen LogP contribution in [0.15, 0.2) is 10.5 Å². The number of hydrogen-bond donors (Lipinski definition) is 2. The molecule has 2 N–H and O–H groups in total. The number of nitrogens with one attached hydrogen (secondary N) is 1. The van der Waals surface area contributed by atoms with Gasteiger partial charge in [0.25, 0.3) is 0 Å². The molecular weight excluding hydrogens is 258 g/mol. The van der Waals surface area contributed by atoms with E-state index in [1.165, 1.54) is 0 Å². The standard InChI is InChI=1S/C15H21NO4/c1-5-7-19-8-6-14(17)16-10-15(4,18)13-9-11(2)20-12(13)3/h1,9,18H,6-8,10H2,2-4H3,(H,16,17). The number of furan rings is 1. The molecule has 1 rings (SSSR count). The van der Waals surface area contributed by atoms with Crippen molar-refractivity contribution in [3.8, 4) is 12.3 Å². The molecule has 5 heteroatoms. The molecule has 20 heavy (non-hydrogen) atoms. The van der Waals surface area contributed by atoms with Crippen molar-refractivity contribution < 1.29 is 19.1 Å². The second-order valence-electron chi connectivity index (χ2n) is 4.88. The van der Waals surface area contributed by atoms with Gasteiger partial charge in [-0.15, -0.1) is 6.42 Å². The number of aryl methyl sites for hydroxylation is 2. The van der Waals surface area contributed by atoms with Crippen LogP contribution in [0.2, 0.25) is 0 Å². The van der Waals surface area contributed by atoms with Crippen LogP contribution < -0.4 is 5.32 Å². The van der Waals surface area contributed by atoms with Gasteiger partial charge >= 0.3 is 0 Å². The normalized spacial score (nSPS) is 13.6. The monoisotopic (exact) mass is 279 g/mol. The van der Waals surface area contributed by atoms with Crippen LogP contribution in [0.5, 0.6) is 0 Å². The molecule has 0 radical (unpaired) electrons. The molecular formula is C15H21NO4. The number of hydrogen-bond acceptors (Lipinski definition) is 4. The topological polar surface area (TPSA) is 71.7 Å². The van der Waals surface area contributed by atoms with Gasteiger partial charge in [0.05, 0.1) is 19.6 Å². The molecule has 1 unspecified atom stereocenters. The number of aliphatic hydroxyl groups is 1. The first-order valence-electron chi connectivity index (χ1n) is 6.44. The molecule has 0 bridgehead atoms. The second-order valence-corrected chi connectivity index (χ2v) is 4.88.